The van der Waals surface area contributed by atoms with Crippen molar-refractivity contribution in [3.05, 3.63) is 28.8 Å². The molecule has 0 aliphatic heterocycles. The van der Waals surface area contributed by atoms with Crippen LogP contribution < -0.4 is 4.74 Å². The molecular formula is C12H16O3. The molecule has 1 aromatic rings. The van der Waals surface area contributed by atoms with Crippen LogP contribution in [0.4, 0.5) is 0 Å². The number of hydrogen-bond acceptors (Lipinski definition) is 3. The molecule has 3 nitrogen and oxygen atoms in total. The van der Waals surface area contributed by atoms with Crippen molar-refractivity contribution in [2.75, 3.05) is 7.11 Å². The van der Waals surface area contributed by atoms with Crippen molar-refractivity contribution in [1.82, 2.24) is 0 Å². The number of benzene rings is 1. The van der Waals surface area contributed by atoms with Crippen LogP contribution >= 0.6 is 0 Å². The molecule has 1 aromatic carbocycles. The zero-order valence-corrected chi connectivity index (χ0v) is 9.59. The maximum absolute atomic E-state index is 10.7. The lowest BCUT2D eigenvalue weighted by molar-refractivity contribution is -0.142. The van der Waals surface area contributed by atoms with Crippen LogP contribution in [0, 0.1) is 13.8 Å². The van der Waals surface area contributed by atoms with Crippen LogP contribution in [0.2, 0.25) is 0 Å². The minimum Gasteiger partial charge on any atom is -0.497 e. The first-order chi connectivity index (χ1) is 7.04. The van der Waals surface area contributed by atoms with Crippen LogP contribution in [0.15, 0.2) is 12.1 Å². The monoisotopic (exact) mass is 208 g/mol. The minimum atomic E-state index is -0.260. The van der Waals surface area contributed by atoms with Gasteiger partial charge in [0, 0.05) is 6.92 Å². The van der Waals surface area contributed by atoms with Gasteiger partial charge in [-0.1, -0.05) is 0 Å². The van der Waals surface area contributed by atoms with Gasteiger partial charge in [-0.2, -0.15) is 0 Å². The predicted octanol–water partition coefficient (Wildman–Crippen LogP) is 2.38. The van der Waals surface area contributed by atoms with E-state index < -0.39 is 0 Å². The van der Waals surface area contributed by atoms with Crippen molar-refractivity contribution in [3.8, 4) is 5.75 Å². The average molecular weight is 208 g/mol. The van der Waals surface area contributed by atoms with Gasteiger partial charge in [-0.25, -0.2) is 0 Å². The topological polar surface area (TPSA) is 35.5 Å². The quantitative estimate of drug-likeness (QED) is 0.715. The predicted molar refractivity (Wildman–Crippen MR) is 57.9 cm³/mol. The highest BCUT2D eigenvalue weighted by Crippen LogP contribution is 2.22. The second-order valence-corrected chi connectivity index (χ2v) is 3.52. The third kappa shape index (κ3) is 2.98. The minimum absolute atomic E-state index is 0.260. The van der Waals surface area contributed by atoms with Gasteiger partial charge < -0.3 is 9.47 Å². The van der Waals surface area contributed by atoms with E-state index in [9.17, 15) is 4.79 Å². The largest absolute Gasteiger partial charge is 0.497 e. The third-order valence-corrected chi connectivity index (χ3v) is 2.33. The summed E-state index contributed by atoms with van der Waals surface area (Å²) in [6.45, 7) is 5.70. The fourth-order valence-corrected chi connectivity index (χ4v) is 1.47. The van der Waals surface area contributed by atoms with E-state index in [1.165, 1.54) is 6.92 Å². The van der Waals surface area contributed by atoms with E-state index in [4.69, 9.17) is 9.47 Å². The molecule has 15 heavy (non-hydrogen) atoms. The second-order valence-electron chi connectivity index (χ2n) is 3.52. The number of carbonyl (C=O) groups is 1. The standard InChI is InChI=1S/C12H16O3/c1-8-5-11(14-4)6-9(2)12(8)7-15-10(3)13/h5-6H,7H2,1-4H3. The highest BCUT2D eigenvalue weighted by molar-refractivity contribution is 5.66. The molecule has 0 unspecified atom stereocenters. The highest BCUT2D eigenvalue weighted by atomic mass is 16.5. The molecule has 1 rings (SSSR count). The zero-order valence-electron chi connectivity index (χ0n) is 9.59. The van der Waals surface area contributed by atoms with Crippen LogP contribution in [0.1, 0.15) is 23.6 Å². The lowest BCUT2D eigenvalue weighted by Gasteiger charge is -2.11. The van der Waals surface area contributed by atoms with Crippen LogP contribution in [0.5, 0.6) is 5.75 Å². The van der Waals surface area contributed by atoms with Gasteiger partial charge in [0.05, 0.1) is 7.11 Å². The molecule has 0 amide bonds. The fourth-order valence-electron chi connectivity index (χ4n) is 1.47. The molecule has 3 heteroatoms. The van der Waals surface area contributed by atoms with Gasteiger partial charge in [-0.05, 0) is 42.7 Å². The van der Waals surface area contributed by atoms with Crippen LogP contribution in [0.3, 0.4) is 0 Å². The van der Waals surface area contributed by atoms with Gasteiger partial charge in [-0.15, -0.1) is 0 Å². The number of methoxy groups -OCH3 is 1. The lowest BCUT2D eigenvalue weighted by atomic mass is 10.0. The van der Waals surface area contributed by atoms with Crippen molar-refractivity contribution < 1.29 is 14.3 Å². The molecule has 0 heterocycles. The van der Waals surface area contributed by atoms with Gasteiger partial charge in [0.15, 0.2) is 0 Å². The number of ether oxygens (including phenoxy) is 2. The fraction of sp³-hybridized carbons (Fsp3) is 0.417. The molecule has 0 bridgehead atoms. The van der Waals surface area contributed by atoms with E-state index in [0.29, 0.717) is 6.61 Å². The van der Waals surface area contributed by atoms with Crippen molar-refractivity contribution in [3.63, 3.8) is 0 Å². The van der Waals surface area contributed by atoms with E-state index in [1.807, 2.05) is 26.0 Å². The van der Waals surface area contributed by atoms with Gasteiger partial charge in [0.25, 0.3) is 0 Å². The van der Waals surface area contributed by atoms with Gasteiger partial charge in [0.2, 0.25) is 0 Å². The second kappa shape index (κ2) is 4.82. The van der Waals surface area contributed by atoms with E-state index in [-0.39, 0.29) is 5.97 Å². The third-order valence-electron chi connectivity index (χ3n) is 2.33. The Balaban J connectivity index is 2.92. The Hall–Kier alpha value is -1.51. The van der Waals surface area contributed by atoms with E-state index >= 15 is 0 Å². The molecule has 0 radical (unpaired) electrons. The van der Waals surface area contributed by atoms with Crippen molar-refractivity contribution >= 4 is 5.97 Å². The summed E-state index contributed by atoms with van der Waals surface area (Å²) < 4.78 is 10.1. The Bertz CT molecular complexity index is 346. The number of aryl methyl sites for hydroxylation is 2. The molecule has 0 saturated heterocycles. The summed E-state index contributed by atoms with van der Waals surface area (Å²) in [5.74, 6) is 0.571. The smallest absolute Gasteiger partial charge is 0.302 e. The normalized spacial score (nSPS) is 9.87. The lowest BCUT2D eigenvalue weighted by Crippen LogP contribution is -2.02. The van der Waals surface area contributed by atoms with Crippen molar-refractivity contribution in [1.29, 1.82) is 0 Å². The number of rotatable bonds is 3. The first-order valence-corrected chi connectivity index (χ1v) is 4.82. The van der Waals surface area contributed by atoms with Crippen molar-refractivity contribution in [2.24, 2.45) is 0 Å². The van der Waals surface area contributed by atoms with E-state index in [0.717, 1.165) is 22.4 Å². The molecule has 0 fully saturated rings. The summed E-state index contributed by atoms with van der Waals surface area (Å²) in [5.41, 5.74) is 3.20. The number of esters is 1. The molecule has 0 atom stereocenters. The molecule has 0 N–H and O–H groups in total. The molecule has 0 aliphatic carbocycles. The van der Waals surface area contributed by atoms with Gasteiger partial charge >= 0.3 is 5.97 Å². The first kappa shape index (κ1) is 11.6. The van der Waals surface area contributed by atoms with Gasteiger partial charge in [0.1, 0.15) is 12.4 Å². The molecule has 82 valence electrons. The van der Waals surface area contributed by atoms with Gasteiger partial charge in [-0.3, -0.25) is 4.79 Å². The Morgan fingerprint density at radius 3 is 2.20 bits per heavy atom. The summed E-state index contributed by atoms with van der Waals surface area (Å²) in [5, 5.41) is 0. The average Bonchev–Trinajstić information content (AvgIpc) is 2.15. The maximum Gasteiger partial charge on any atom is 0.302 e. The molecule has 0 aliphatic rings. The summed E-state index contributed by atoms with van der Waals surface area (Å²) in [7, 11) is 1.64. The van der Waals surface area contributed by atoms with Crippen molar-refractivity contribution in [2.45, 2.75) is 27.4 Å². The molecule has 0 saturated carbocycles. The Labute approximate surface area is 90.0 Å². The summed E-state index contributed by atoms with van der Waals surface area (Å²) in [6.07, 6.45) is 0. The molecular weight excluding hydrogens is 192 g/mol. The maximum atomic E-state index is 10.7. The molecule has 0 aromatic heterocycles. The van der Waals surface area contributed by atoms with Crippen LogP contribution in [0.25, 0.3) is 0 Å². The summed E-state index contributed by atoms with van der Waals surface area (Å²) in [6, 6.07) is 3.87. The first-order valence-electron chi connectivity index (χ1n) is 4.82. The Morgan fingerprint density at radius 2 is 1.80 bits per heavy atom. The molecule has 0 spiro atoms. The number of hydrogen-bond donors (Lipinski definition) is 0. The van der Waals surface area contributed by atoms with Crippen LogP contribution in [-0.2, 0) is 16.1 Å². The highest BCUT2D eigenvalue weighted by Gasteiger charge is 2.06. The summed E-state index contributed by atoms with van der Waals surface area (Å²) >= 11 is 0. The Morgan fingerprint density at radius 1 is 1.27 bits per heavy atom. The van der Waals surface area contributed by atoms with Crippen LogP contribution in [-0.4, -0.2) is 13.1 Å². The van der Waals surface area contributed by atoms with E-state index in [2.05, 4.69) is 0 Å². The van der Waals surface area contributed by atoms with E-state index in [1.54, 1.807) is 7.11 Å². The SMILES string of the molecule is COc1cc(C)c(COC(C)=O)c(C)c1. The zero-order chi connectivity index (χ0) is 11.4. The number of carbonyl (C=O) groups excluding carboxylic acids is 1. The summed E-state index contributed by atoms with van der Waals surface area (Å²) in [4.78, 5) is 10.7. The Kier molecular flexibility index (Phi) is 3.72.